The zero-order chi connectivity index (χ0) is 20.8. The summed E-state index contributed by atoms with van der Waals surface area (Å²) >= 11 is 1.26. The van der Waals surface area contributed by atoms with E-state index in [1.807, 2.05) is 30.3 Å². The maximum atomic E-state index is 12.6. The number of carbonyl (C=O) groups excluding carboxylic acids is 1. The Hall–Kier alpha value is -3.06. The zero-order valence-corrected chi connectivity index (χ0v) is 17.1. The number of benzene rings is 2. The average Bonchev–Trinajstić information content (AvgIpc) is 2.97. The summed E-state index contributed by atoms with van der Waals surface area (Å²) in [6, 6.07) is 13.9. The third-order valence-corrected chi connectivity index (χ3v) is 5.33. The van der Waals surface area contributed by atoms with Gasteiger partial charge in [0.1, 0.15) is 5.75 Å². The first kappa shape index (κ1) is 20.7. The maximum absolute atomic E-state index is 12.6. The van der Waals surface area contributed by atoms with Crippen molar-refractivity contribution in [2.75, 3.05) is 13.7 Å². The molecule has 1 fully saturated rings. The number of nitrogens with zero attached hydrogens (tertiary/aromatic N) is 2. The quantitative estimate of drug-likeness (QED) is 0.524. The first-order chi connectivity index (χ1) is 14.0. The lowest BCUT2D eigenvalue weighted by molar-refractivity contribution is -0.121. The summed E-state index contributed by atoms with van der Waals surface area (Å²) in [5.41, 5.74) is 1.54. The zero-order valence-electron chi connectivity index (χ0n) is 16.3. The van der Waals surface area contributed by atoms with Gasteiger partial charge in [-0.05, 0) is 60.2 Å². The second kappa shape index (κ2) is 9.43. The van der Waals surface area contributed by atoms with Crippen LogP contribution in [-0.2, 0) is 4.79 Å². The van der Waals surface area contributed by atoms with E-state index in [1.54, 1.807) is 19.2 Å². The minimum absolute atomic E-state index is 0.147. The topological polar surface area (TPSA) is 79.2 Å². The lowest BCUT2D eigenvalue weighted by atomic mass is 10.2. The third-order valence-electron chi connectivity index (χ3n) is 4.27. The molecule has 1 amide bonds. The minimum Gasteiger partial charge on any atom is -0.494 e. The van der Waals surface area contributed by atoms with Gasteiger partial charge in [0.05, 0.1) is 22.8 Å². The molecule has 7 heteroatoms. The minimum atomic E-state index is -1.02. The molecule has 0 radical (unpaired) electrons. The van der Waals surface area contributed by atoms with Crippen LogP contribution in [0.15, 0.2) is 58.4 Å². The number of hydrogen-bond acceptors (Lipinski definition) is 5. The van der Waals surface area contributed by atoms with Gasteiger partial charge in [0.2, 0.25) is 0 Å². The number of amides is 1. The molecule has 0 aromatic heterocycles. The van der Waals surface area contributed by atoms with Crippen LogP contribution in [0.3, 0.4) is 0 Å². The van der Waals surface area contributed by atoms with Gasteiger partial charge in [-0.3, -0.25) is 9.69 Å². The van der Waals surface area contributed by atoms with Crippen molar-refractivity contribution in [2.45, 2.75) is 19.8 Å². The van der Waals surface area contributed by atoms with E-state index < -0.39 is 5.97 Å². The molecule has 2 aromatic rings. The molecule has 1 aliphatic heterocycles. The molecule has 0 spiro atoms. The first-order valence-electron chi connectivity index (χ1n) is 9.30. The summed E-state index contributed by atoms with van der Waals surface area (Å²) < 4.78 is 5.66. The fourth-order valence-electron chi connectivity index (χ4n) is 2.62. The van der Waals surface area contributed by atoms with Crippen LogP contribution in [-0.4, -0.2) is 40.7 Å². The number of carboxylic acid groups (broad SMARTS) is 1. The fourth-order valence-corrected chi connectivity index (χ4v) is 3.60. The fraction of sp³-hybridized carbons (Fsp3) is 0.227. The van der Waals surface area contributed by atoms with Gasteiger partial charge in [0.25, 0.3) is 5.91 Å². The highest BCUT2D eigenvalue weighted by Crippen LogP contribution is 2.33. The monoisotopic (exact) mass is 410 g/mol. The van der Waals surface area contributed by atoms with Crippen LogP contribution in [0.2, 0.25) is 0 Å². The highest BCUT2D eigenvalue weighted by molar-refractivity contribution is 8.18. The molecule has 0 unspecified atom stereocenters. The molecule has 1 N–H and O–H groups in total. The highest BCUT2D eigenvalue weighted by atomic mass is 32.2. The van der Waals surface area contributed by atoms with Crippen LogP contribution < -0.4 is 4.74 Å². The number of thioether (sulfide) groups is 1. The first-order valence-corrected chi connectivity index (χ1v) is 10.1. The summed E-state index contributed by atoms with van der Waals surface area (Å²) in [6.07, 6.45) is 3.91. The van der Waals surface area contributed by atoms with E-state index in [-0.39, 0.29) is 11.5 Å². The number of ether oxygens (including phenoxy) is 1. The summed E-state index contributed by atoms with van der Waals surface area (Å²) in [7, 11) is 1.65. The number of aliphatic imine (C=N–C) groups is 1. The number of unbranched alkanes of at least 4 members (excludes halogenated alkanes) is 1. The van der Waals surface area contributed by atoms with E-state index in [9.17, 15) is 9.59 Å². The van der Waals surface area contributed by atoms with Crippen molar-refractivity contribution < 1.29 is 19.4 Å². The molecule has 1 heterocycles. The van der Waals surface area contributed by atoms with E-state index in [0.717, 1.165) is 24.2 Å². The van der Waals surface area contributed by atoms with Gasteiger partial charge in [-0.25, -0.2) is 9.79 Å². The number of carboxylic acids is 1. The normalized spacial score (nSPS) is 16.6. The summed E-state index contributed by atoms with van der Waals surface area (Å²) in [4.78, 5) is 30.1. The van der Waals surface area contributed by atoms with Crippen molar-refractivity contribution in [3.63, 3.8) is 0 Å². The summed E-state index contributed by atoms with van der Waals surface area (Å²) in [6.45, 7) is 2.81. The Bertz CT molecular complexity index is 967. The van der Waals surface area contributed by atoms with Crippen molar-refractivity contribution >= 4 is 40.6 Å². The third kappa shape index (κ3) is 5.26. The largest absolute Gasteiger partial charge is 0.494 e. The smallest absolute Gasteiger partial charge is 0.335 e. The van der Waals surface area contributed by atoms with Gasteiger partial charge in [0, 0.05) is 7.05 Å². The van der Waals surface area contributed by atoms with Crippen LogP contribution in [0.25, 0.3) is 6.08 Å². The number of amidine groups is 1. The van der Waals surface area contributed by atoms with Crippen molar-refractivity contribution in [1.29, 1.82) is 0 Å². The Kier molecular flexibility index (Phi) is 6.72. The summed E-state index contributed by atoms with van der Waals surface area (Å²) in [5.74, 6) is -0.353. The molecule has 0 aliphatic carbocycles. The maximum Gasteiger partial charge on any atom is 0.335 e. The van der Waals surface area contributed by atoms with E-state index in [1.165, 1.54) is 28.8 Å². The SMILES string of the molecule is CCCCOc1ccc(/C=C2/SC(=Nc3cccc(C(=O)O)c3)N(C)C2=O)cc1. The number of likely N-dealkylation sites (N-methyl/N-ethyl adjacent to an activating group) is 1. The van der Waals surface area contributed by atoms with Crippen molar-refractivity contribution in [3.05, 3.63) is 64.6 Å². The van der Waals surface area contributed by atoms with Gasteiger partial charge < -0.3 is 9.84 Å². The van der Waals surface area contributed by atoms with E-state index in [2.05, 4.69) is 11.9 Å². The molecule has 150 valence electrons. The number of carbonyl (C=O) groups is 2. The average molecular weight is 410 g/mol. The van der Waals surface area contributed by atoms with E-state index in [4.69, 9.17) is 9.84 Å². The molecule has 0 saturated carbocycles. The Labute approximate surface area is 173 Å². The van der Waals surface area contributed by atoms with Crippen molar-refractivity contribution in [2.24, 2.45) is 4.99 Å². The van der Waals surface area contributed by atoms with Gasteiger partial charge in [-0.1, -0.05) is 31.5 Å². The van der Waals surface area contributed by atoms with Crippen LogP contribution in [0.1, 0.15) is 35.7 Å². The molecule has 29 heavy (non-hydrogen) atoms. The van der Waals surface area contributed by atoms with Crippen molar-refractivity contribution in [3.8, 4) is 5.75 Å². The van der Waals surface area contributed by atoms with E-state index >= 15 is 0 Å². The van der Waals surface area contributed by atoms with Crippen molar-refractivity contribution in [1.82, 2.24) is 4.90 Å². The number of rotatable bonds is 7. The van der Waals surface area contributed by atoms with Gasteiger partial charge >= 0.3 is 5.97 Å². The van der Waals surface area contributed by atoms with Crippen LogP contribution in [0.5, 0.6) is 5.75 Å². The Morgan fingerprint density at radius 3 is 2.69 bits per heavy atom. The lowest BCUT2D eigenvalue weighted by Crippen LogP contribution is -2.23. The molecule has 6 nitrogen and oxygen atoms in total. The second-order valence-corrected chi connectivity index (χ2v) is 7.50. The van der Waals surface area contributed by atoms with Crippen LogP contribution in [0.4, 0.5) is 5.69 Å². The van der Waals surface area contributed by atoms with Gasteiger partial charge in [-0.2, -0.15) is 0 Å². The van der Waals surface area contributed by atoms with Crippen LogP contribution in [0, 0.1) is 0 Å². The molecule has 0 bridgehead atoms. The second-order valence-electron chi connectivity index (χ2n) is 6.50. The van der Waals surface area contributed by atoms with E-state index in [0.29, 0.717) is 22.4 Å². The molecular formula is C22H22N2O4S. The molecule has 3 rings (SSSR count). The predicted molar refractivity (Wildman–Crippen MR) is 116 cm³/mol. The molecule has 1 aliphatic rings. The van der Waals surface area contributed by atoms with Crippen LogP contribution >= 0.6 is 11.8 Å². The Morgan fingerprint density at radius 1 is 1.24 bits per heavy atom. The predicted octanol–water partition coefficient (Wildman–Crippen LogP) is 4.80. The van der Waals surface area contributed by atoms with Gasteiger partial charge in [0.15, 0.2) is 5.17 Å². The molecule has 1 saturated heterocycles. The molecule has 2 aromatic carbocycles. The summed E-state index contributed by atoms with van der Waals surface area (Å²) in [5, 5.41) is 9.62. The number of aromatic carboxylic acids is 1. The highest BCUT2D eigenvalue weighted by Gasteiger charge is 2.30. The molecular weight excluding hydrogens is 388 g/mol. The number of hydrogen-bond donors (Lipinski definition) is 1. The Balaban J connectivity index is 1.76. The molecule has 0 atom stereocenters. The van der Waals surface area contributed by atoms with Gasteiger partial charge in [-0.15, -0.1) is 0 Å². The standard InChI is InChI=1S/C22H22N2O4S/c1-3-4-12-28-18-10-8-15(9-11-18)13-19-20(25)24(2)22(29-19)23-17-7-5-6-16(14-17)21(26)27/h5-11,13-14H,3-4,12H2,1-2H3,(H,26,27)/b19-13+,23-22?. The lowest BCUT2D eigenvalue weighted by Gasteiger charge is -2.07. The Morgan fingerprint density at radius 2 is 2.00 bits per heavy atom.